The fourth-order valence-corrected chi connectivity index (χ4v) is 4.08. The van der Waals surface area contributed by atoms with E-state index in [2.05, 4.69) is 0 Å². The van der Waals surface area contributed by atoms with Gasteiger partial charge in [0.25, 0.3) is 0 Å². The Labute approximate surface area is 170 Å². The molecule has 28 heavy (non-hydrogen) atoms. The van der Waals surface area contributed by atoms with E-state index in [9.17, 15) is 9.90 Å². The molecule has 0 aliphatic carbocycles. The van der Waals surface area contributed by atoms with Crippen molar-refractivity contribution in [2.24, 2.45) is 0 Å². The number of aromatic nitrogens is 1. The number of anilines is 1. The van der Waals surface area contributed by atoms with Crippen LogP contribution in [0.4, 0.5) is 5.69 Å². The van der Waals surface area contributed by atoms with Crippen LogP contribution in [0.25, 0.3) is 16.6 Å². The average Bonchev–Trinajstić information content (AvgIpc) is 3.05. The molecule has 0 unspecified atom stereocenters. The number of halogens is 1. The fraction of sp³-hybridized carbons (Fsp3) is 0.318. The molecule has 0 spiro atoms. The molecule has 5 nitrogen and oxygen atoms in total. The third kappa shape index (κ3) is 3.20. The first-order chi connectivity index (χ1) is 13.5. The highest BCUT2D eigenvalue weighted by Crippen LogP contribution is 2.42. The van der Waals surface area contributed by atoms with Crippen molar-refractivity contribution in [1.82, 2.24) is 4.57 Å². The van der Waals surface area contributed by atoms with Gasteiger partial charge in [-0.3, -0.25) is 0 Å². The first-order valence-electron chi connectivity index (χ1n) is 9.46. The Morgan fingerprint density at radius 2 is 1.89 bits per heavy atom. The minimum Gasteiger partial charge on any atom is -0.497 e. The van der Waals surface area contributed by atoms with Gasteiger partial charge in [-0.15, -0.1) is 0 Å². The zero-order valence-electron chi connectivity index (χ0n) is 16.6. The van der Waals surface area contributed by atoms with Crippen molar-refractivity contribution in [1.29, 1.82) is 0 Å². The summed E-state index contributed by atoms with van der Waals surface area (Å²) in [6, 6.07) is 11.3. The van der Waals surface area contributed by atoms with Gasteiger partial charge < -0.3 is 19.3 Å². The maximum Gasteiger partial charge on any atom is 0.355 e. The number of aromatic carboxylic acids is 1. The van der Waals surface area contributed by atoms with Gasteiger partial charge in [0, 0.05) is 24.5 Å². The average molecular weight is 401 g/mol. The molecule has 3 aromatic rings. The summed E-state index contributed by atoms with van der Waals surface area (Å²) in [5.74, 6) is -0.327. The number of hydrogen-bond acceptors (Lipinski definition) is 3. The van der Waals surface area contributed by atoms with Crippen molar-refractivity contribution in [3.8, 4) is 11.4 Å². The molecule has 6 heteroatoms. The van der Waals surface area contributed by atoms with Crippen molar-refractivity contribution in [2.45, 2.75) is 27.2 Å². The highest BCUT2D eigenvalue weighted by molar-refractivity contribution is 6.38. The number of carboxylic acids is 1. The predicted molar refractivity (Wildman–Crippen MR) is 115 cm³/mol. The van der Waals surface area contributed by atoms with Crippen LogP contribution in [-0.2, 0) is 6.42 Å². The Bertz CT molecular complexity index is 1020. The monoisotopic (exact) mass is 400 g/mol. The second-order valence-corrected chi connectivity index (χ2v) is 6.88. The van der Waals surface area contributed by atoms with Crippen LogP contribution >= 0.6 is 11.6 Å². The second-order valence-electron chi connectivity index (χ2n) is 6.50. The van der Waals surface area contributed by atoms with Gasteiger partial charge in [0.15, 0.2) is 5.69 Å². The van der Waals surface area contributed by atoms with Crippen LogP contribution in [0, 0.1) is 0 Å². The molecule has 0 saturated heterocycles. The first-order valence-corrected chi connectivity index (χ1v) is 9.84. The Balaban J connectivity index is 2.51. The SMILES string of the molecule is CCc1ccc2c(c1Cl)c(N(CC)CC)c(C(=O)O)n2-c1cccc(OC)c1. The van der Waals surface area contributed by atoms with Crippen LogP contribution in [0.2, 0.25) is 5.02 Å². The van der Waals surface area contributed by atoms with Crippen molar-refractivity contribution in [3.05, 3.63) is 52.7 Å². The summed E-state index contributed by atoms with van der Waals surface area (Å²) in [6.45, 7) is 7.44. The molecule has 0 saturated carbocycles. The number of benzene rings is 2. The summed E-state index contributed by atoms with van der Waals surface area (Å²) in [5.41, 5.74) is 3.37. The fourth-order valence-electron chi connectivity index (χ4n) is 3.70. The van der Waals surface area contributed by atoms with Gasteiger partial charge in [-0.25, -0.2) is 4.79 Å². The molecule has 1 N–H and O–H groups in total. The summed E-state index contributed by atoms with van der Waals surface area (Å²) in [5, 5.41) is 11.6. The van der Waals surface area contributed by atoms with E-state index in [0.717, 1.165) is 28.6 Å². The van der Waals surface area contributed by atoms with Crippen LogP contribution in [0.3, 0.4) is 0 Å². The van der Waals surface area contributed by atoms with Gasteiger partial charge >= 0.3 is 5.97 Å². The normalized spacial score (nSPS) is 11.0. The lowest BCUT2D eigenvalue weighted by atomic mass is 10.1. The summed E-state index contributed by atoms with van der Waals surface area (Å²) >= 11 is 6.78. The molecule has 0 aliphatic rings. The summed E-state index contributed by atoms with van der Waals surface area (Å²) < 4.78 is 7.11. The molecular formula is C22H25ClN2O3. The zero-order chi connectivity index (χ0) is 20.4. The minimum atomic E-state index is -0.991. The summed E-state index contributed by atoms with van der Waals surface area (Å²) in [4.78, 5) is 14.5. The van der Waals surface area contributed by atoms with E-state index in [0.29, 0.717) is 29.5 Å². The lowest BCUT2D eigenvalue weighted by Gasteiger charge is -2.22. The molecule has 0 aliphatic heterocycles. The lowest BCUT2D eigenvalue weighted by Crippen LogP contribution is -2.24. The Hall–Kier alpha value is -2.66. The van der Waals surface area contributed by atoms with Crippen LogP contribution in [0.5, 0.6) is 5.75 Å². The van der Waals surface area contributed by atoms with E-state index in [1.54, 1.807) is 11.7 Å². The number of carboxylic acid groups (broad SMARTS) is 1. The van der Waals surface area contributed by atoms with Gasteiger partial charge in [0.05, 0.1) is 29.0 Å². The predicted octanol–water partition coefficient (Wildman–Crippen LogP) is 5.40. The molecular weight excluding hydrogens is 376 g/mol. The van der Waals surface area contributed by atoms with E-state index in [1.165, 1.54) is 0 Å². The molecule has 0 fully saturated rings. The minimum absolute atomic E-state index is 0.210. The lowest BCUT2D eigenvalue weighted by molar-refractivity contribution is 0.0689. The van der Waals surface area contributed by atoms with Crippen molar-refractivity contribution >= 4 is 34.2 Å². The largest absolute Gasteiger partial charge is 0.497 e. The number of rotatable bonds is 7. The highest BCUT2D eigenvalue weighted by atomic mass is 35.5. The van der Waals surface area contributed by atoms with Crippen LogP contribution in [0.1, 0.15) is 36.8 Å². The standard InChI is InChI=1S/C22H25ClN2O3/c1-5-14-11-12-17-18(19(14)23)20(24(6-2)7-3)21(22(26)27)25(17)15-9-8-10-16(13-15)28-4/h8-13H,5-7H2,1-4H3,(H,26,27). The quantitative estimate of drug-likeness (QED) is 0.577. The maximum atomic E-state index is 12.4. The zero-order valence-corrected chi connectivity index (χ0v) is 17.4. The van der Waals surface area contributed by atoms with E-state index in [1.807, 2.05) is 62.1 Å². The Morgan fingerprint density at radius 3 is 2.46 bits per heavy atom. The van der Waals surface area contributed by atoms with Crippen molar-refractivity contribution in [2.75, 3.05) is 25.1 Å². The number of fused-ring (bicyclic) bond motifs is 1. The maximum absolute atomic E-state index is 12.4. The molecule has 3 rings (SSSR count). The highest BCUT2D eigenvalue weighted by Gasteiger charge is 2.28. The van der Waals surface area contributed by atoms with Crippen molar-refractivity contribution in [3.63, 3.8) is 0 Å². The van der Waals surface area contributed by atoms with Gasteiger partial charge in [-0.2, -0.15) is 0 Å². The van der Waals surface area contributed by atoms with Gasteiger partial charge in [-0.1, -0.05) is 30.7 Å². The molecule has 0 atom stereocenters. The topological polar surface area (TPSA) is 54.7 Å². The van der Waals surface area contributed by atoms with E-state index >= 15 is 0 Å². The molecule has 0 radical (unpaired) electrons. The van der Waals surface area contributed by atoms with E-state index < -0.39 is 5.97 Å². The first kappa shape index (κ1) is 20.1. The number of ether oxygens (including phenoxy) is 1. The van der Waals surface area contributed by atoms with Crippen LogP contribution in [-0.4, -0.2) is 35.8 Å². The molecule has 2 aromatic carbocycles. The number of aryl methyl sites for hydroxylation is 1. The molecule has 0 bridgehead atoms. The molecule has 1 aromatic heterocycles. The van der Waals surface area contributed by atoms with Gasteiger partial charge in [-0.05, 0) is 44.0 Å². The third-order valence-electron chi connectivity index (χ3n) is 5.10. The smallest absolute Gasteiger partial charge is 0.355 e. The van der Waals surface area contributed by atoms with Crippen LogP contribution < -0.4 is 9.64 Å². The van der Waals surface area contributed by atoms with Gasteiger partial charge in [0.2, 0.25) is 0 Å². The number of methoxy groups -OCH3 is 1. The molecule has 148 valence electrons. The van der Waals surface area contributed by atoms with Crippen molar-refractivity contribution < 1.29 is 14.6 Å². The number of hydrogen-bond donors (Lipinski definition) is 1. The molecule has 0 amide bonds. The Kier molecular flexibility index (Phi) is 5.84. The summed E-state index contributed by atoms with van der Waals surface area (Å²) in [7, 11) is 1.59. The summed E-state index contributed by atoms with van der Waals surface area (Å²) in [6.07, 6.45) is 0.777. The third-order valence-corrected chi connectivity index (χ3v) is 5.53. The number of carbonyl (C=O) groups is 1. The van der Waals surface area contributed by atoms with Crippen LogP contribution in [0.15, 0.2) is 36.4 Å². The van der Waals surface area contributed by atoms with E-state index in [-0.39, 0.29) is 5.69 Å². The second kappa shape index (κ2) is 8.15. The Morgan fingerprint density at radius 1 is 1.18 bits per heavy atom. The van der Waals surface area contributed by atoms with E-state index in [4.69, 9.17) is 16.3 Å². The van der Waals surface area contributed by atoms with Gasteiger partial charge in [0.1, 0.15) is 5.75 Å². The molecule has 1 heterocycles. The number of nitrogens with zero attached hydrogens (tertiary/aromatic N) is 2.